The van der Waals surface area contributed by atoms with Gasteiger partial charge in [0.25, 0.3) is 5.76 Å². The quantitative estimate of drug-likeness (QED) is 0.588. The first kappa shape index (κ1) is 19.7. The van der Waals surface area contributed by atoms with E-state index in [1.54, 1.807) is 30.0 Å². The fraction of sp³-hybridized carbons (Fsp3) is 0.529. The monoisotopic (exact) mass is 372 g/mol. The number of amides is 1. The van der Waals surface area contributed by atoms with Gasteiger partial charge in [-0.2, -0.15) is 8.78 Å². The first-order chi connectivity index (χ1) is 12.0. The average Bonchev–Trinajstić information content (AvgIpc) is 2.57. The summed E-state index contributed by atoms with van der Waals surface area (Å²) in [6, 6.07) is 6.01. The van der Waals surface area contributed by atoms with Crippen LogP contribution in [0.15, 0.2) is 29.2 Å². The summed E-state index contributed by atoms with van der Waals surface area (Å²) in [6.45, 7) is 2.70. The standard InChI is InChI=1S/C17H22F2N2O3S/c1-2-24-16(23)13-8-5-6-10-21(13)11-15(22)20-12-7-3-4-9-14(12)25-17(18)19/h3-4,7,9,13,17H,2,5-6,8,10-11H2,1H3,(H,20,22)/t13-/m0/s1. The Morgan fingerprint density at radius 1 is 1.36 bits per heavy atom. The number of nitrogens with one attached hydrogen (secondary N) is 1. The topological polar surface area (TPSA) is 58.6 Å². The van der Waals surface area contributed by atoms with Gasteiger partial charge in [0.1, 0.15) is 6.04 Å². The van der Waals surface area contributed by atoms with Gasteiger partial charge in [0.15, 0.2) is 0 Å². The molecule has 2 rings (SSSR count). The maximum atomic E-state index is 12.6. The minimum Gasteiger partial charge on any atom is -0.465 e. The van der Waals surface area contributed by atoms with Crippen LogP contribution in [-0.4, -0.2) is 48.3 Å². The smallest absolute Gasteiger partial charge is 0.323 e. The van der Waals surface area contributed by atoms with Crippen LogP contribution >= 0.6 is 11.8 Å². The number of carbonyl (C=O) groups is 2. The number of hydrogen-bond acceptors (Lipinski definition) is 5. The SMILES string of the molecule is CCOC(=O)[C@@H]1CCCCN1CC(=O)Nc1ccccc1SC(F)F. The summed E-state index contributed by atoms with van der Waals surface area (Å²) in [7, 11) is 0. The molecule has 1 atom stereocenters. The third-order valence-electron chi connectivity index (χ3n) is 3.90. The van der Waals surface area contributed by atoms with Crippen molar-refractivity contribution in [2.24, 2.45) is 0 Å². The van der Waals surface area contributed by atoms with Gasteiger partial charge in [-0.3, -0.25) is 14.5 Å². The van der Waals surface area contributed by atoms with Crippen molar-refractivity contribution in [2.45, 2.75) is 42.9 Å². The van der Waals surface area contributed by atoms with E-state index in [1.807, 2.05) is 0 Å². The molecule has 1 aromatic carbocycles. The number of alkyl halides is 2. The van der Waals surface area contributed by atoms with Crippen LogP contribution < -0.4 is 5.32 Å². The Hall–Kier alpha value is -1.67. The number of ether oxygens (including phenoxy) is 1. The number of thioether (sulfide) groups is 1. The summed E-state index contributed by atoms with van der Waals surface area (Å²) >= 11 is 0.389. The third kappa shape index (κ3) is 5.97. The lowest BCUT2D eigenvalue weighted by Crippen LogP contribution is -2.48. The Morgan fingerprint density at radius 2 is 2.12 bits per heavy atom. The van der Waals surface area contributed by atoms with Crippen LogP contribution in [0.3, 0.4) is 0 Å². The van der Waals surface area contributed by atoms with Gasteiger partial charge < -0.3 is 10.1 Å². The molecule has 8 heteroatoms. The second-order valence-electron chi connectivity index (χ2n) is 5.66. The number of carbonyl (C=O) groups excluding carboxylic acids is 2. The summed E-state index contributed by atoms with van der Waals surface area (Å²) < 4.78 is 30.3. The number of nitrogens with zero attached hydrogens (tertiary/aromatic N) is 1. The highest BCUT2D eigenvalue weighted by Crippen LogP contribution is 2.31. The number of para-hydroxylation sites is 1. The maximum absolute atomic E-state index is 12.6. The number of halogens is 2. The molecule has 0 bridgehead atoms. The number of esters is 1. The van der Waals surface area contributed by atoms with Crippen LogP contribution in [-0.2, 0) is 14.3 Å². The molecule has 5 nitrogen and oxygen atoms in total. The molecule has 1 aliphatic heterocycles. The molecule has 1 aromatic rings. The fourth-order valence-corrected chi connectivity index (χ4v) is 3.42. The molecule has 1 heterocycles. The van der Waals surface area contributed by atoms with E-state index < -0.39 is 11.8 Å². The summed E-state index contributed by atoms with van der Waals surface area (Å²) in [6.07, 6.45) is 2.47. The molecule has 0 aromatic heterocycles. The summed E-state index contributed by atoms with van der Waals surface area (Å²) in [5.74, 6) is -3.21. The van der Waals surface area contributed by atoms with Gasteiger partial charge in [-0.15, -0.1) is 0 Å². The molecule has 0 aliphatic carbocycles. The van der Waals surface area contributed by atoms with Crippen molar-refractivity contribution < 1.29 is 23.1 Å². The summed E-state index contributed by atoms with van der Waals surface area (Å²) in [5, 5.41) is 2.67. The Morgan fingerprint density at radius 3 is 2.84 bits per heavy atom. The van der Waals surface area contributed by atoms with Crippen LogP contribution in [0, 0.1) is 0 Å². The first-order valence-electron chi connectivity index (χ1n) is 8.25. The van der Waals surface area contributed by atoms with Gasteiger partial charge in [-0.05, 0) is 38.4 Å². The van der Waals surface area contributed by atoms with E-state index in [-0.39, 0.29) is 18.4 Å². The van der Waals surface area contributed by atoms with Crippen molar-refractivity contribution in [3.8, 4) is 0 Å². The van der Waals surface area contributed by atoms with E-state index >= 15 is 0 Å². The largest absolute Gasteiger partial charge is 0.465 e. The van der Waals surface area contributed by atoms with Gasteiger partial charge in [-0.25, -0.2) is 0 Å². The zero-order valence-electron chi connectivity index (χ0n) is 14.0. The Balaban J connectivity index is 2.00. The minimum atomic E-state index is -2.56. The molecule has 0 radical (unpaired) electrons. The van der Waals surface area contributed by atoms with E-state index in [4.69, 9.17) is 4.74 Å². The molecule has 0 saturated carbocycles. The van der Waals surface area contributed by atoms with Crippen molar-refractivity contribution in [2.75, 3.05) is 25.0 Å². The van der Waals surface area contributed by atoms with Gasteiger partial charge in [0.2, 0.25) is 5.91 Å². The lowest BCUT2D eigenvalue weighted by atomic mass is 10.0. The van der Waals surface area contributed by atoms with Crippen molar-refractivity contribution >= 4 is 29.3 Å². The lowest BCUT2D eigenvalue weighted by molar-refractivity contribution is -0.151. The summed E-state index contributed by atoms with van der Waals surface area (Å²) in [5.41, 5.74) is 0.350. The average molecular weight is 372 g/mol. The third-order valence-corrected chi connectivity index (χ3v) is 4.68. The van der Waals surface area contributed by atoms with Crippen LogP contribution in [0.1, 0.15) is 26.2 Å². The molecule has 1 amide bonds. The molecule has 0 unspecified atom stereocenters. The predicted octanol–water partition coefficient (Wildman–Crippen LogP) is 3.36. The van der Waals surface area contributed by atoms with Crippen molar-refractivity contribution in [3.63, 3.8) is 0 Å². The Bertz CT molecular complexity index is 601. The van der Waals surface area contributed by atoms with Gasteiger partial charge >= 0.3 is 5.97 Å². The second-order valence-corrected chi connectivity index (χ2v) is 6.69. The zero-order valence-corrected chi connectivity index (χ0v) is 14.9. The molecule has 1 aliphatic rings. The molecule has 1 fully saturated rings. The van der Waals surface area contributed by atoms with Gasteiger partial charge in [0, 0.05) is 4.90 Å². The molecule has 25 heavy (non-hydrogen) atoms. The molecule has 1 N–H and O–H groups in total. The number of rotatable bonds is 7. The molecule has 0 spiro atoms. The van der Waals surface area contributed by atoms with Crippen molar-refractivity contribution in [1.29, 1.82) is 0 Å². The van der Waals surface area contributed by atoms with Crippen LogP contribution in [0.5, 0.6) is 0 Å². The van der Waals surface area contributed by atoms with E-state index in [2.05, 4.69) is 5.32 Å². The van der Waals surface area contributed by atoms with E-state index in [0.717, 1.165) is 12.8 Å². The second kappa shape index (κ2) is 9.72. The lowest BCUT2D eigenvalue weighted by Gasteiger charge is -2.33. The predicted molar refractivity (Wildman–Crippen MR) is 92.8 cm³/mol. The maximum Gasteiger partial charge on any atom is 0.323 e. The van der Waals surface area contributed by atoms with Crippen LogP contribution in [0.25, 0.3) is 0 Å². The van der Waals surface area contributed by atoms with Gasteiger partial charge in [-0.1, -0.05) is 30.3 Å². The van der Waals surface area contributed by atoms with Gasteiger partial charge in [0.05, 0.1) is 18.8 Å². The highest BCUT2D eigenvalue weighted by molar-refractivity contribution is 7.99. The number of likely N-dealkylation sites (tertiary alicyclic amines) is 1. The number of hydrogen-bond donors (Lipinski definition) is 1. The fourth-order valence-electron chi connectivity index (χ4n) is 2.83. The highest BCUT2D eigenvalue weighted by atomic mass is 32.2. The minimum absolute atomic E-state index is 0.0250. The number of piperidine rings is 1. The Kier molecular flexibility index (Phi) is 7.64. The van der Waals surface area contributed by atoms with E-state index in [9.17, 15) is 18.4 Å². The highest BCUT2D eigenvalue weighted by Gasteiger charge is 2.31. The number of benzene rings is 1. The van der Waals surface area contributed by atoms with E-state index in [1.165, 1.54) is 6.07 Å². The van der Waals surface area contributed by atoms with Crippen molar-refractivity contribution in [3.05, 3.63) is 24.3 Å². The van der Waals surface area contributed by atoms with Crippen LogP contribution in [0.4, 0.5) is 14.5 Å². The van der Waals surface area contributed by atoms with Crippen molar-refractivity contribution in [1.82, 2.24) is 4.90 Å². The number of anilines is 1. The molecule has 138 valence electrons. The summed E-state index contributed by atoms with van der Waals surface area (Å²) in [4.78, 5) is 26.5. The van der Waals surface area contributed by atoms with E-state index in [0.29, 0.717) is 41.9 Å². The molecule has 1 saturated heterocycles. The molecular weight excluding hydrogens is 350 g/mol. The zero-order chi connectivity index (χ0) is 18.2. The molecular formula is C17H22F2N2O3S. The van der Waals surface area contributed by atoms with Crippen LogP contribution in [0.2, 0.25) is 0 Å². The Labute approximate surface area is 150 Å². The normalized spacial score (nSPS) is 18.2. The first-order valence-corrected chi connectivity index (χ1v) is 9.13.